The molecule has 4 heteroatoms. The van der Waals surface area contributed by atoms with Gasteiger partial charge in [-0.3, -0.25) is 0 Å². The Morgan fingerprint density at radius 1 is 1.47 bits per heavy atom. The van der Waals surface area contributed by atoms with Crippen molar-refractivity contribution in [1.29, 1.82) is 0 Å². The average Bonchev–Trinajstić information content (AvgIpc) is 2.16. The third kappa shape index (κ3) is 3.78. The molecule has 15 heavy (non-hydrogen) atoms. The Labute approximate surface area is 96.6 Å². The predicted molar refractivity (Wildman–Crippen MR) is 59.1 cm³/mol. The van der Waals surface area contributed by atoms with E-state index in [1.165, 1.54) is 0 Å². The van der Waals surface area contributed by atoms with Crippen LogP contribution in [-0.4, -0.2) is 6.61 Å². The van der Waals surface area contributed by atoms with Gasteiger partial charge in [-0.25, -0.2) is 0 Å². The van der Waals surface area contributed by atoms with Crippen LogP contribution in [0.4, 0.5) is 8.78 Å². The van der Waals surface area contributed by atoms with Gasteiger partial charge < -0.3 is 4.74 Å². The molecule has 0 saturated carbocycles. The van der Waals surface area contributed by atoms with Crippen LogP contribution >= 0.6 is 15.9 Å². The van der Waals surface area contributed by atoms with Gasteiger partial charge in [0.05, 0.1) is 0 Å². The van der Waals surface area contributed by atoms with E-state index in [1.54, 1.807) is 12.1 Å². The van der Waals surface area contributed by atoms with Gasteiger partial charge in [-0.05, 0) is 31.4 Å². The van der Waals surface area contributed by atoms with Gasteiger partial charge in [0.25, 0.3) is 0 Å². The molecule has 0 heterocycles. The molecule has 0 aliphatic rings. The molecule has 1 nitrogen and oxygen atoms in total. The molecule has 0 aromatic heterocycles. The normalized spacial score (nSPS) is 10.7. The lowest BCUT2D eigenvalue weighted by atomic mass is 10.1. The van der Waals surface area contributed by atoms with Crippen molar-refractivity contribution in [3.8, 4) is 5.75 Å². The lowest BCUT2D eigenvalue weighted by Crippen LogP contribution is -2.05. The fourth-order valence-electron chi connectivity index (χ4n) is 1.28. The molecular formula is C11H12BrF2O. The van der Waals surface area contributed by atoms with Crippen LogP contribution in [0.2, 0.25) is 0 Å². The molecule has 0 spiro atoms. The third-order valence-corrected chi connectivity index (χ3v) is 2.72. The van der Waals surface area contributed by atoms with Crippen molar-refractivity contribution in [2.24, 2.45) is 0 Å². The van der Waals surface area contributed by atoms with Gasteiger partial charge in [0.2, 0.25) is 0 Å². The highest BCUT2D eigenvalue weighted by molar-refractivity contribution is 9.10. The summed E-state index contributed by atoms with van der Waals surface area (Å²) < 4.78 is 29.5. The molecule has 0 amide bonds. The van der Waals surface area contributed by atoms with Crippen LogP contribution in [0.5, 0.6) is 5.75 Å². The summed E-state index contributed by atoms with van der Waals surface area (Å²) in [5, 5.41) is 0. The molecule has 0 bridgehead atoms. The Hall–Kier alpha value is -0.640. The van der Waals surface area contributed by atoms with Gasteiger partial charge >= 0.3 is 6.61 Å². The molecule has 1 aromatic carbocycles. The quantitative estimate of drug-likeness (QED) is 0.784. The smallest absolute Gasteiger partial charge is 0.387 e. The van der Waals surface area contributed by atoms with Crippen molar-refractivity contribution >= 4 is 15.9 Å². The van der Waals surface area contributed by atoms with E-state index >= 15 is 0 Å². The number of hydrogen-bond acceptors (Lipinski definition) is 1. The second kappa shape index (κ2) is 6.05. The van der Waals surface area contributed by atoms with Gasteiger partial charge in [0, 0.05) is 10.0 Å². The fourth-order valence-corrected chi connectivity index (χ4v) is 1.82. The first-order valence-electron chi connectivity index (χ1n) is 4.65. The van der Waals surface area contributed by atoms with E-state index in [9.17, 15) is 8.78 Å². The first kappa shape index (κ1) is 12.4. The molecule has 0 aliphatic heterocycles. The summed E-state index contributed by atoms with van der Waals surface area (Å²) in [6, 6.07) is 5.06. The number of unbranched alkanes of at least 4 members (excludes halogenated alkanes) is 1. The first-order valence-corrected chi connectivity index (χ1v) is 5.44. The van der Waals surface area contributed by atoms with E-state index in [0.29, 0.717) is 6.42 Å². The summed E-state index contributed by atoms with van der Waals surface area (Å²) in [6.45, 7) is -0.839. The fraction of sp³-hybridized carbons (Fsp3) is 0.364. The topological polar surface area (TPSA) is 9.23 Å². The van der Waals surface area contributed by atoms with Crippen molar-refractivity contribution in [2.45, 2.75) is 26.4 Å². The molecule has 1 rings (SSSR count). The Kier molecular flexibility index (Phi) is 5.02. The Morgan fingerprint density at radius 2 is 2.20 bits per heavy atom. The van der Waals surface area contributed by atoms with Crippen molar-refractivity contribution in [1.82, 2.24) is 0 Å². The first-order chi connectivity index (χ1) is 7.15. The summed E-state index contributed by atoms with van der Waals surface area (Å²) in [4.78, 5) is 0. The van der Waals surface area contributed by atoms with Crippen molar-refractivity contribution in [2.75, 3.05) is 0 Å². The molecule has 0 atom stereocenters. The lowest BCUT2D eigenvalue weighted by molar-refractivity contribution is -0.0504. The van der Waals surface area contributed by atoms with Gasteiger partial charge in [-0.15, -0.1) is 0 Å². The number of hydrogen-bond donors (Lipinski definition) is 0. The minimum absolute atomic E-state index is 0.251. The third-order valence-electron chi connectivity index (χ3n) is 1.97. The number of benzene rings is 1. The summed E-state index contributed by atoms with van der Waals surface area (Å²) in [5.74, 6) is 0.251. The largest absolute Gasteiger partial charge is 0.435 e. The maximum Gasteiger partial charge on any atom is 0.387 e. The highest BCUT2D eigenvalue weighted by Gasteiger charge is 2.11. The van der Waals surface area contributed by atoms with E-state index in [-0.39, 0.29) is 5.75 Å². The molecule has 1 radical (unpaired) electrons. The van der Waals surface area contributed by atoms with Crippen LogP contribution in [0, 0.1) is 6.42 Å². The van der Waals surface area contributed by atoms with E-state index in [1.807, 2.05) is 19.4 Å². The second-order valence-electron chi connectivity index (χ2n) is 3.04. The molecule has 0 fully saturated rings. The van der Waals surface area contributed by atoms with Gasteiger partial charge in [0.15, 0.2) is 0 Å². The van der Waals surface area contributed by atoms with Crippen LogP contribution in [0.3, 0.4) is 0 Å². The Morgan fingerprint density at radius 3 is 2.80 bits per heavy atom. The number of ether oxygens (including phenoxy) is 1. The lowest BCUT2D eigenvalue weighted by Gasteiger charge is -2.11. The van der Waals surface area contributed by atoms with Gasteiger partial charge in [0.1, 0.15) is 5.75 Å². The van der Waals surface area contributed by atoms with Gasteiger partial charge in [-0.1, -0.05) is 28.9 Å². The number of rotatable bonds is 5. The monoisotopic (exact) mass is 277 g/mol. The second-order valence-corrected chi connectivity index (χ2v) is 3.90. The van der Waals surface area contributed by atoms with Crippen LogP contribution in [0.25, 0.3) is 0 Å². The maximum atomic E-state index is 12.1. The van der Waals surface area contributed by atoms with E-state index in [0.717, 1.165) is 16.5 Å². The molecule has 1 aromatic rings. The highest BCUT2D eigenvalue weighted by atomic mass is 79.9. The molecule has 0 N–H and O–H groups in total. The summed E-state index contributed by atoms with van der Waals surface area (Å²) in [6.07, 6.45) is 3.52. The standard InChI is InChI=1S/C11H12BrF2O/c1-2-3-5-8-9(12)6-4-7-10(8)15-11(13)14/h2,4,6-7,11H,3,5H2,1H3. The van der Waals surface area contributed by atoms with Crippen molar-refractivity contribution in [3.05, 3.63) is 34.7 Å². The zero-order valence-electron chi connectivity index (χ0n) is 8.34. The summed E-state index contributed by atoms with van der Waals surface area (Å²) >= 11 is 3.33. The van der Waals surface area contributed by atoms with Gasteiger partial charge in [-0.2, -0.15) is 8.78 Å². The number of halogens is 3. The van der Waals surface area contributed by atoms with E-state index < -0.39 is 6.61 Å². The van der Waals surface area contributed by atoms with E-state index in [4.69, 9.17) is 0 Å². The maximum absolute atomic E-state index is 12.1. The summed E-state index contributed by atoms with van der Waals surface area (Å²) in [7, 11) is 0. The molecular weight excluding hydrogens is 266 g/mol. The molecule has 0 unspecified atom stereocenters. The minimum Gasteiger partial charge on any atom is -0.435 e. The highest BCUT2D eigenvalue weighted by Crippen LogP contribution is 2.29. The molecule has 83 valence electrons. The van der Waals surface area contributed by atoms with Crippen LogP contribution in [0.15, 0.2) is 22.7 Å². The predicted octanol–water partition coefficient (Wildman–Crippen LogP) is 4.21. The van der Waals surface area contributed by atoms with Crippen molar-refractivity contribution < 1.29 is 13.5 Å². The van der Waals surface area contributed by atoms with E-state index in [2.05, 4.69) is 20.7 Å². The number of alkyl halides is 2. The average molecular weight is 278 g/mol. The van der Waals surface area contributed by atoms with Crippen molar-refractivity contribution in [3.63, 3.8) is 0 Å². The minimum atomic E-state index is -2.77. The Balaban J connectivity index is 2.87. The zero-order valence-corrected chi connectivity index (χ0v) is 9.93. The Bertz CT molecular complexity index is 315. The molecule has 0 saturated heterocycles. The van der Waals surface area contributed by atoms with Crippen LogP contribution in [-0.2, 0) is 6.42 Å². The van der Waals surface area contributed by atoms with Crippen LogP contribution in [0.1, 0.15) is 18.9 Å². The molecule has 0 aliphatic carbocycles. The zero-order chi connectivity index (χ0) is 11.3. The summed E-state index contributed by atoms with van der Waals surface area (Å²) in [5.41, 5.74) is 0.788. The van der Waals surface area contributed by atoms with Crippen LogP contribution < -0.4 is 4.74 Å². The SMILES string of the molecule is C[CH]CCc1c(Br)cccc1OC(F)F.